The van der Waals surface area contributed by atoms with Gasteiger partial charge in [0.2, 0.25) is 11.8 Å². The molecule has 2 aliphatic rings. The number of rotatable bonds is 7. The predicted octanol–water partition coefficient (Wildman–Crippen LogP) is 4.41. The Morgan fingerprint density at radius 2 is 1.65 bits per heavy atom. The van der Waals surface area contributed by atoms with Crippen LogP contribution in [0.15, 0.2) is 48.8 Å². The van der Waals surface area contributed by atoms with Crippen LogP contribution in [0.5, 0.6) is 0 Å². The van der Waals surface area contributed by atoms with Crippen LogP contribution in [0.4, 0.5) is 10.1 Å². The van der Waals surface area contributed by atoms with Gasteiger partial charge in [-0.1, -0.05) is 18.6 Å². The van der Waals surface area contributed by atoms with E-state index in [1.165, 1.54) is 12.1 Å². The third kappa shape index (κ3) is 6.54. The number of aromatic nitrogens is 1. The molecule has 1 aromatic carbocycles. The second-order valence-corrected chi connectivity index (χ2v) is 9.44. The van der Waals surface area contributed by atoms with Gasteiger partial charge in [-0.05, 0) is 80.2 Å². The lowest BCUT2D eigenvalue weighted by Gasteiger charge is -2.32. The molecule has 3 atom stereocenters. The number of anilines is 1. The number of nitrogens with one attached hydrogen (secondary N) is 2. The van der Waals surface area contributed by atoms with Crippen molar-refractivity contribution < 1.29 is 14.0 Å². The number of hydrogen-bond donors (Lipinski definition) is 3. The van der Waals surface area contributed by atoms with Crippen LogP contribution in [0.25, 0.3) is 0 Å². The minimum absolute atomic E-state index is 0. The van der Waals surface area contributed by atoms with Gasteiger partial charge in [0.1, 0.15) is 5.82 Å². The van der Waals surface area contributed by atoms with Crippen molar-refractivity contribution in [3.8, 4) is 0 Å². The van der Waals surface area contributed by atoms with Crippen molar-refractivity contribution >= 4 is 29.9 Å². The first-order valence-electron chi connectivity index (χ1n) is 12.0. The molecule has 8 heteroatoms. The predicted molar refractivity (Wildman–Crippen MR) is 133 cm³/mol. The number of amides is 2. The summed E-state index contributed by atoms with van der Waals surface area (Å²) in [5, 5.41) is 6.04. The smallest absolute Gasteiger partial charge is 0.227 e. The largest absolute Gasteiger partial charge is 0.354 e. The Morgan fingerprint density at radius 1 is 0.971 bits per heavy atom. The van der Waals surface area contributed by atoms with Crippen molar-refractivity contribution in [3.63, 3.8) is 0 Å². The van der Waals surface area contributed by atoms with E-state index in [1.807, 2.05) is 0 Å². The van der Waals surface area contributed by atoms with E-state index in [1.54, 1.807) is 36.7 Å². The molecule has 1 aromatic heterocycles. The fourth-order valence-corrected chi connectivity index (χ4v) is 5.39. The zero-order valence-corrected chi connectivity index (χ0v) is 20.1. The van der Waals surface area contributed by atoms with Crippen molar-refractivity contribution in [2.75, 3.05) is 11.9 Å². The highest BCUT2D eigenvalue weighted by Crippen LogP contribution is 2.40. The van der Waals surface area contributed by atoms with Crippen molar-refractivity contribution in [2.45, 2.75) is 56.9 Å². The summed E-state index contributed by atoms with van der Waals surface area (Å²) in [4.78, 5) is 29.4. The lowest BCUT2D eigenvalue weighted by atomic mass is 9.78. The normalized spacial score (nSPS) is 25.1. The summed E-state index contributed by atoms with van der Waals surface area (Å²) in [5.74, 6) is 0.176. The second kappa shape index (κ2) is 12.3. The molecule has 2 amide bonds. The summed E-state index contributed by atoms with van der Waals surface area (Å²) in [6.45, 7) is 0.448. The monoisotopic (exact) mass is 488 g/mol. The van der Waals surface area contributed by atoms with Crippen molar-refractivity contribution in [1.29, 1.82) is 0 Å². The summed E-state index contributed by atoms with van der Waals surface area (Å²) in [5.41, 5.74) is 8.23. The van der Waals surface area contributed by atoms with Crippen LogP contribution in [0.1, 0.15) is 56.4 Å². The molecule has 2 aliphatic carbocycles. The Kier molecular flexibility index (Phi) is 9.42. The van der Waals surface area contributed by atoms with E-state index in [0.717, 1.165) is 56.2 Å². The molecule has 0 bridgehead atoms. The first-order valence-corrected chi connectivity index (χ1v) is 12.0. The number of pyridine rings is 1. The van der Waals surface area contributed by atoms with Gasteiger partial charge in [-0.3, -0.25) is 14.6 Å². The third-order valence-electron chi connectivity index (χ3n) is 7.36. The summed E-state index contributed by atoms with van der Waals surface area (Å²) in [6.07, 6.45) is 9.48. The quantitative estimate of drug-likeness (QED) is 0.537. The minimum Gasteiger partial charge on any atom is -0.354 e. The van der Waals surface area contributed by atoms with Gasteiger partial charge in [-0.15, -0.1) is 12.4 Å². The highest BCUT2D eigenvalue weighted by Gasteiger charge is 2.35. The van der Waals surface area contributed by atoms with Crippen LogP contribution in [0.2, 0.25) is 0 Å². The number of halogens is 2. The van der Waals surface area contributed by atoms with Gasteiger partial charge < -0.3 is 16.4 Å². The lowest BCUT2D eigenvalue weighted by molar-refractivity contribution is -0.125. The maximum atomic E-state index is 13.3. The molecule has 184 valence electrons. The molecular weight excluding hydrogens is 455 g/mol. The van der Waals surface area contributed by atoms with Gasteiger partial charge in [0, 0.05) is 42.5 Å². The summed E-state index contributed by atoms with van der Waals surface area (Å²) < 4.78 is 13.3. The molecule has 0 spiro atoms. The Balaban J connectivity index is 0.00000324. The Hall–Kier alpha value is -2.51. The zero-order valence-electron chi connectivity index (χ0n) is 19.3. The van der Waals surface area contributed by atoms with E-state index in [2.05, 4.69) is 15.6 Å². The number of carbonyl (C=O) groups excluding carboxylic acids is 2. The van der Waals surface area contributed by atoms with Crippen LogP contribution in [-0.2, 0) is 9.59 Å². The minimum atomic E-state index is -0.256. The molecule has 0 saturated heterocycles. The summed E-state index contributed by atoms with van der Waals surface area (Å²) in [7, 11) is 0. The number of carbonyl (C=O) groups is 2. The van der Waals surface area contributed by atoms with Gasteiger partial charge in [-0.2, -0.15) is 0 Å². The first kappa shape index (κ1) is 26.1. The summed E-state index contributed by atoms with van der Waals surface area (Å²) >= 11 is 0. The average Bonchev–Trinajstić information content (AvgIpc) is 3.33. The Labute approximate surface area is 206 Å². The Morgan fingerprint density at radius 3 is 2.32 bits per heavy atom. The molecule has 1 heterocycles. The molecule has 0 radical (unpaired) electrons. The van der Waals surface area contributed by atoms with Gasteiger partial charge in [0.05, 0.1) is 0 Å². The first-order chi connectivity index (χ1) is 16.0. The molecule has 4 rings (SSSR count). The molecule has 2 saturated carbocycles. The number of hydrogen-bond acceptors (Lipinski definition) is 4. The highest BCUT2D eigenvalue weighted by molar-refractivity contribution is 5.92. The van der Waals surface area contributed by atoms with E-state index in [0.29, 0.717) is 12.5 Å². The fraction of sp³-hybridized carbons (Fsp3) is 0.500. The second-order valence-electron chi connectivity index (χ2n) is 9.44. The molecule has 3 unspecified atom stereocenters. The van der Waals surface area contributed by atoms with E-state index >= 15 is 0 Å². The standard InChI is InChI=1S/C26H33FN4O2.ClH/c27-20-10-8-17(9-11-20)22-2-1-3-23(22)26(33)30-16-24(28)18-4-6-19(7-5-18)25(32)31-21-12-14-29-15-13-21;/h8-15,18-19,22-24H,1-7,16,28H2,(H,30,33)(H,29,31,32);1H. The maximum absolute atomic E-state index is 13.3. The van der Waals surface area contributed by atoms with E-state index < -0.39 is 0 Å². The van der Waals surface area contributed by atoms with E-state index in [9.17, 15) is 14.0 Å². The van der Waals surface area contributed by atoms with Gasteiger partial charge in [-0.25, -0.2) is 4.39 Å². The molecule has 2 fully saturated rings. The Bertz CT molecular complexity index is 936. The van der Waals surface area contributed by atoms with Crippen LogP contribution in [0.3, 0.4) is 0 Å². The van der Waals surface area contributed by atoms with Crippen LogP contribution < -0.4 is 16.4 Å². The fourth-order valence-electron chi connectivity index (χ4n) is 5.39. The average molecular weight is 489 g/mol. The molecular formula is C26H34ClFN4O2. The van der Waals surface area contributed by atoms with Crippen LogP contribution in [-0.4, -0.2) is 29.4 Å². The van der Waals surface area contributed by atoms with Crippen molar-refractivity contribution in [1.82, 2.24) is 10.3 Å². The topological polar surface area (TPSA) is 97.1 Å². The number of nitrogens with two attached hydrogens (primary N) is 1. The van der Waals surface area contributed by atoms with E-state index in [4.69, 9.17) is 5.73 Å². The maximum Gasteiger partial charge on any atom is 0.227 e. The molecule has 6 nitrogen and oxygen atoms in total. The molecule has 4 N–H and O–H groups in total. The highest BCUT2D eigenvalue weighted by atomic mass is 35.5. The van der Waals surface area contributed by atoms with E-state index in [-0.39, 0.29) is 53.8 Å². The van der Waals surface area contributed by atoms with Crippen LogP contribution in [0, 0.1) is 23.6 Å². The van der Waals surface area contributed by atoms with Crippen LogP contribution >= 0.6 is 12.4 Å². The number of nitrogens with zero attached hydrogens (tertiary/aromatic N) is 1. The van der Waals surface area contributed by atoms with Gasteiger partial charge in [0.15, 0.2) is 0 Å². The molecule has 34 heavy (non-hydrogen) atoms. The van der Waals surface area contributed by atoms with Crippen molar-refractivity contribution in [3.05, 3.63) is 60.2 Å². The molecule has 2 aromatic rings. The lowest BCUT2D eigenvalue weighted by Crippen LogP contribution is -2.45. The summed E-state index contributed by atoms with van der Waals surface area (Å²) in [6, 6.07) is 9.96. The third-order valence-corrected chi connectivity index (χ3v) is 7.36. The van der Waals surface area contributed by atoms with Gasteiger partial charge >= 0.3 is 0 Å². The molecule has 0 aliphatic heterocycles. The van der Waals surface area contributed by atoms with Gasteiger partial charge in [0.25, 0.3) is 0 Å². The SMILES string of the molecule is Cl.NC(CNC(=O)C1CCCC1c1ccc(F)cc1)C1CCC(C(=O)Nc2ccncc2)CC1. The zero-order chi connectivity index (χ0) is 23.2. The number of benzene rings is 1. The van der Waals surface area contributed by atoms with Crippen molar-refractivity contribution in [2.24, 2.45) is 23.5 Å².